The van der Waals surface area contributed by atoms with E-state index in [2.05, 4.69) is 18.8 Å². The molecule has 2 heterocycles. The molecule has 3 nitrogen and oxygen atoms in total. The largest absolute Gasteiger partial charge is 0.460 e. The van der Waals surface area contributed by atoms with Gasteiger partial charge in [-0.2, -0.15) is 0 Å². The highest BCUT2D eigenvalue weighted by molar-refractivity contribution is 7.10. The van der Waals surface area contributed by atoms with Crippen molar-refractivity contribution in [2.45, 2.75) is 26.7 Å². The second-order valence-corrected chi connectivity index (χ2v) is 5.46. The number of furan rings is 1. The molecule has 1 atom stereocenters. The van der Waals surface area contributed by atoms with Crippen LogP contribution in [0.4, 0.5) is 0 Å². The SMILES string of the molecule is Cc1ccc(-c2csc(C(CN)C(C)C)n2)o1. The van der Waals surface area contributed by atoms with Gasteiger partial charge in [-0.3, -0.25) is 0 Å². The minimum atomic E-state index is 0.338. The zero-order valence-electron chi connectivity index (χ0n) is 10.4. The Hall–Kier alpha value is -1.13. The van der Waals surface area contributed by atoms with E-state index in [-0.39, 0.29) is 0 Å². The van der Waals surface area contributed by atoms with Gasteiger partial charge in [-0.25, -0.2) is 4.98 Å². The summed E-state index contributed by atoms with van der Waals surface area (Å²) < 4.78 is 5.57. The fraction of sp³-hybridized carbons (Fsp3) is 0.462. The molecule has 0 aromatic carbocycles. The van der Waals surface area contributed by atoms with Crippen LogP contribution in [0.25, 0.3) is 11.5 Å². The molecule has 92 valence electrons. The van der Waals surface area contributed by atoms with Crippen molar-refractivity contribution in [3.8, 4) is 11.5 Å². The summed E-state index contributed by atoms with van der Waals surface area (Å²) in [4.78, 5) is 4.63. The maximum absolute atomic E-state index is 5.80. The third kappa shape index (κ3) is 2.58. The number of hydrogen-bond donors (Lipinski definition) is 1. The summed E-state index contributed by atoms with van der Waals surface area (Å²) in [6, 6.07) is 3.91. The fourth-order valence-electron chi connectivity index (χ4n) is 1.80. The molecule has 2 aromatic rings. The van der Waals surface area contributed by atoms with Crippen molar-refractivity contribution in [1.82, 2.24) is 4.98 Å². The standard InChI is InChI=1S/C13H18N2OS/c1-8(2)10(6-14)13-15-11(7-17-13)12-5-4-9(3)16-12/h4-5,7-8,10H,6,14H2,1-3H3. The molecule has 1 unspecified atom stereocenters. The summed E-state index contributed by atoms with van der Waals surface area (Å²) in [5, 5.41) is 3.14. The van der Waals surface area contributed by atoms with E-state index in [1.54, 1.807) is 11.3 Å². The van der Waals surface area contributed by atoms with Crippen LogP contribution in [0.3, 0.4) is 0 Å². The predicted octanol–water partition coefficient (Wildman–Crippen LogP) is 3.41. The number of thiazole rings is 1. The Kier molecular flexibility index (Phi) is 3.64. The van der Waals surface area contributed by atoms with Crippen LogP contribution >= 0.6 is 11.3 Å². The average molecular weight is 250 g/mol. The molecule has 0 aliphatic heterocycles. The highest BCUT2D eigenvalue weighted by Gasteiger charge is 2.18. The lowest BCUT2D eigenvalue weighted by Crippen LogP contribution is -2.17. The zero-order valence-corrected chi connectivity index (χ0v) is 11.3. The van der Waals surface area contributed by atoms with Crippen molar-refractivity contribution in [2.75, 3.05) is 6.54 Å². The number of hydrogen-bond acceptors (Lipinski definition) is 4. The molecule has 2 N–H and O–H groups in total. The Bertz CT molecular complexity index is 487. The molecule has 0 aliphatic rings. The molecular weight excluding hydrogens is 232 g/mol. The van der Waals surface area contributed by atoms with E-state index in [1.807, 2.05) is 24.4 Å². The Labute approximate surface area is 106 Å². The first-order chi connectivity index (χ1) is 8.11. The summed E-state index contributed by atoms with van der Waals surface area (Å²) in [6.07, 6.45) is 0. The molecule has 0 aliphatic carbocycles. The maximum Gasteiger partial charge on any atom is 0.153 e. The number of nitrogens with two attached hydrogens (primary N) is 1. The van der Waals surface area contributed by atoms with Crippen molar-refractivity contribution < 1.29 is 4.42 Å². The molecule has 2 rings (SSSR count). The van der Waals surface area contributed by atoms with Gasteiger partial charge in [0.05, 0.1) is 5.01 Å². The molecule has 0 saturated carbocycles. The molecule has 0 bridgehead atoms. The van der Waals surface area contributed by atoms with Crippen LogP contribution in [0.15, 0.2) is 21.9 Å². The number of aromatic nitrogens is 1. The van der Waals surface area contributed by atoms with Gasteiger partial charge in [0.2, 0.25) is 0 Å². The van der Waals surface area contributed by atoms with E-state index in [4.69, 9.17) is 10.2 Å². The van der Waals surface area contributed by atoms with Crippen molar-refractivity contribution in [3.05, 3.63) is 28.3 Å². The van der Waals surface area contributed by atoms with Crippen LogP contribution in [-0.2, 0) is 0 Å². The molecular formula is C13H18N2OS. The third-order valence-electron chi connectivity index (χ3n) is 2.89. The van der Waals surface area contributed by atoms with Gasteiger partial charge in [-0.1, -0.05) is 13.8 Å². The monoisotopic (exact) mass is 250 g/mol. The van der Waals surface area contributed by atoms with Crippen molar-refractivity contribution >= 4 is 11.3 Å². The second kappa shape index (κ2) is 5.02. The number of aryl methyl sites for hydroxylation is 1. The lowest BCUT2D eigenvalue weighted by atomic mass is 9.97. The van der Waals surface area contributed by atoms with Gasteiger partial charge < -0.3 is 10.2 Å². The second-order valence-electron chi connectivity index (χ2n) is 4.57. The average Bonchev–Trinajstić information content (AvgIpc) is 2.87. The van der Waals surface area contributed by atoms with Gasteiger partial charge in [-0.15, -0.1) is 11.3 Å². The van der Waals surface area contributed by atoms with Gasteiger partial charge in [0.15, 0.2) is 5.76 Å². The molecule has 17 heavy (non-hydrogen) atoms. The first-order valence-electron chi connectivity index (χ1n) is 5.84. The van der Waals surface area contributed by atoms with Gasteiger partial charge in [-0.05, 0) is 25.0 Å². The van der Waals surface area contributed by atoms with Crippen molar-refractivity contribution in [1.29, 1.82) is 0 Å². The van der Waals surface area contributed by atoms with Gasteiger partial charge in [0.25, 0.3) is 0 Å². The van der Waals surface area contributed by atoms with Gasteiger partial charge in [0, 0.05) is 17.8 Å². The summed E-state index contributed by atoms with van der Waals surface area (Å²) >= 11 is 1.66. The van der Waals surface area contributed by atoms with E-state index in [0.717, 1.165) is 22.2 Å². The van der Waals surface area contributed by atoms with E-state index in [0.29, 0.717) is 18.4 Å². The molecule has 4 heteroatoms. The lowest BCUT2D eigenvalue weighted by molar-refractivity contribution is 0.503. The van der Waals surface area contributed by atoms with E-state index in [1.165, 1.54) is 0 Å². The van der Waals surface area contributed by atoms with Crippen LogP contribution in [0.2, 0.25) is 0 Å². The Balaban J connectivity index is 2.26. The van der Waals surface area contributed by atoms with Crippen LogP contribution in [0.1, 0.15) is 30.5 Å². The van der Waals surface area contributed by atoms with E-state index < -0.39 is 0 Å². The van der Waals surface area contributed by atoms with Crippen LogP contribution in [0, 0.1) is 12.8 Å². The Morgan fingerprint density at radius 2 is 2.18 bits per heavy atom. The quantitative estimate of drug-likeness (QED) is 0.904. The van der Waals surface area contributed by atoms with E-state index >= 15 is 0 Å². The topological polar surface area (TPSA) is 52.0 Å². The van der Waals surface area contributed by atoms with Crippen LogP contribution in [0.5, 0.6) is 0 Å². The van der Waals surface area contributed by atoms with Crippen LogP contribution < -0.4 is 5.73 Å². The first-order valence-corrected chi connectivity index (χ1v) is 6.72. The highest BCUT2D eigenvalue weighted by Crippen LogP contribution is 2.30. The van der Waals surface area contributed by atoms with Crippen molar-refractivity contribution in [3.63, 3.8) is 0 Å². The molecule has 2 aromatic heterocycles. The molecule has 0 amide bonds. The Morgan fingerprint density at radius 1 is 1.41 bits per heavy atom. The summed E-state index contributed by atoms with van der Waals surface area (Å²) in [5.74, 6) is 2.60. The normalized spacial score (nSPS) is 13.2. The number of nitrogens with zero attached hydrogens (tertiary/aromatic N) is 1. The molecule has 0 fully saturated rings. The maximum atomic E-state index is 5.80. The first kappa shape index (κ1) is 12.3. The predicted molar refractivity (Wildman–Crippen MR) is 71.2 cm³/mol. The summed E-state index contributed by atoms with van der Waals surface area (Å²) in [5.41, 5.74) is 6.72. The van der Waals surface area contributed by atoms with E-state index in [9.17, 15) is 0 Å². The molecule has 0 radical (unpaired) electrons. The molecule has 0 saturated heterocycles. The van der Waals surface area contributed by atoms with Crippen molar-refractivity contribution in [2.24, 2.45) is 11.7 Å². The van der Waals surface area contributed by atoms with Crippen LogP contribution in [-0.4, -0.2) is 11.5 Å². The van der Waals surface area contributed by atoms with Gasteiger partial charge >= 0.3 is 0 Å². The third-order valence-corrected chi connectivity index (χ3v) is 3.87. The minimum Gasteiger partial charge on any atom is -0.460 e. The Morgan fingerprint density at radius 3 is 2.71 bits per heavy atom. The summed E-state index contributed by atoms with van der Waals surface area (Å²) in [6.45, 7) is 6.93. The lowest BCUT2D eigenvalue weighted by Gasteiger charge is -2.15. The fourth-order valence-corrected chi connectivity index (χ4v) is 2.90. The zero-order chi connectivity index (χ0) is 12.4. The minimum absolute atomic E-state index is 0.338. The molecule has 0 spiro atoms. The number of rotatable bonds is 4. The smallest absolute Gasteiger partial charge is 0.153 e. The van der Waals surface area contributed by atoms with Gasteiger partial charge in [0.1, 0.15) is 11.5 Å². The summed E-state index contributed by atoms with van der Waals surface area (Å²) in [7, 11) is 0. The highest BCUT2D eigenvalue weighted by atomic mass is 32.1.